The van der Waals surface area contributed by atoms with E-state index in [-0.39, 0.29) is 31.3 Å². The minimum atomic E-state index is -0.595. The van der Waals surface area contributed by atoms with Gasteiger partial charge < -0.3 is 21.5 Å². The van der Waals surface area contributed by atoms with Crippen molar-refractivity contribution in [2.45, 2.75) is 13.5 Å². The third-order valence-corrected chi connectivity index (χ3v) is 2.35. The van der Waals surface area contributed by atoms with Crippen molar-refractivity contribution in [3.8, 4) is 0 Å². The molecule has 0 unspecified atom stereocenters. The van der Waals surface area contributed by atoms with Crippen LogP contribution in [0.15, 0.2) is 9.59 Å². The Hall–Kier alpha value is -2.29. The van der Waals surface area contributed by atoms with Crippen molar-refractivity contribution in [1.82, 2.24) is 9.55 Å². The summed E-state index contributed by atoms with van der Waals surface area (Å²) in [6, 6.07) is 0. The zero-order valence-corrected chi connectivity index (χ0v) is 10.6. The molecule has 106 valence electrons. The summed E-state index contributed by atoms with van der Waals surface area (Å²) < 4.78 is 6.15. The molecule has 0 saturated heterocycles. The second-order valence-corrected chi connectivity index (χ2v) is 3.71. The first-order chi connectivity index (χ1) is 8.97. The van der Waals surface area contributed by atoms with Crippen LogP contribution in [-0.2, 0) is 16.1 Å². The van der Waals surface area contributed by atoms with E-state index in [0.717, 1.165) is 0 Å². The molecule has 0 aromatic carbocycles. The third kappa shape index (κ3) is 3.85. The lowest BCUT2D eigenvalue weighted by Crippen LogP contribution is -2.34. The van der Waals surface area contributed by atoms with Gasteiger partial charge in [0.1, 0.15) is 18.1 Å². The van der Waals surface area contributed by atoms with Crippen LogP contribution in [0.25, 0.3) is 0 Å². The van der Waals surface area contributed by atoms with E-state index < -0.39 is 17.2 Å². The number of nitrogens with one attached hydrogen (secondary N) is 2. The Morgan fingerprint density at radius 2 is 2.16 bits per heavy atom. The van der Waals surface area contributed by atoms with Crippen molar-refractivity contribution in [3.63, 3.8) is 0 Å². The number of hydrogen-bond acceptors (Lipinski definition) is 6. The molecule has 1 amide bonds. The van der Waals surface area contributed by atoms with Gasteiger partial charge in [0.05, 0.1) is 6.61 Å². The first kappa shape index (κ1) is 14.8. The lowest BCUT2D eigenvalue weighted by atomic mass is 10.4. The second kappa shape index (κ2) is 6.59. The maximum atomic E-state index is 11.6. The number of carbonyl (C=O) groups is 1. The van der Waals surface area contributed by atoms with Gasteiger partial charge in [0.25, 0.3) is 5.56 Å². The molecule has 0 saturated carbocycles. The minimum Gasteiger partial charge on any atom is -0.383 e. The standard InChI is InChI=1S/C10H17N5O4/c1-2-15-8(12)7(9(17)14-10(15)18)13-3-4-19-5-6(11)16/h13H,2-5,12H2,1H3,(H2,11,16)(H,14,17,18). The van der Waals surface area contributed by atoms with E-state index in [9.17, 15) is 14.4 Å². The van der Waals surface area contributed by atoms with Gasteiger partial charge in [0.2, 0.25) is 5.91 Å². The van der Waals surface area contributed by atoms with Crippen molar-refractivity contribution in [2.75, 3.05) is 30.8 Å². The topological polar surface area (TPSA) is 145 Å². The number of H-pyrrole nitrogens is 1. The highest BCUT2D eigenvalue weighted by molar-refractivity contribution is 5.74. The first-order valence-corrected chi connectivity index (χ1v) is 5.69. The molecule has 0 aliphatic rings. The fourth-order valence-electron chi connectivity index (χ4n) is 1.49. The van der Waals surface area contributed by atoms with Crippen molar-refractivity contribution in [3.05, 3.63) is 20.8 Å². The number of nitrogen functional groups attached to an aromatic ring is 1. The summed E-state index contributed by atoms with van der Waals surface area (Å²) in [4.78, 5) is 35.6. The highest BCUT2D eigenvalue weighted by Gasteiger charge is 2.10. The number of amides is 1. The molecule has 9 heteroatoms. The summed E-state index contributed by atoms with van der Waals surface area (Å²) in [7, 11) is 0. The molecule has 19 heavy (non-hydrogen) atoms. The molecule has 1 aromatic heterocycles. The SMILES string of the molecule is CCn1c(N)c(NCCOCC(N)=O)c(=O)[nH]c1=O. The van der Waals surface area contributed by atoms with E-state index >= 15 is 0 Å². The van der Waals surface area contributed by atoms with Gasteiger partial charge in [-0.15, -0.1) is 0 Å². The molecule has 1 heterocycles. The van der Waals surface area contributed by atoms with Crippen molar-refractivity contribution in [1.29, 1.82) is 0 Å². The Kier molecular flexibility index (Phi) is 5.12. The number of carbonyl (C=O) groups excluding carboxylic acids is 1. The number of aromatic amines is 1. The Bertz CT molecular complexity index is 562. The molecule has 1 aromatic rings. The van der Waals surface area contributed by atoms with Crippen molar-refractivity contribution >= 4 is 17.4 Å². The molecule has 9 nitrogen and oxygen atoms in total. The van der Waals surface area contributed by atoms with E-state index in [1.807, 2.05) is 0 Å². The van der Waals surface area contributed by atoms with Crippen LogP contribution in [0.1, 0.15) is 6.92 Å². The predicted molar refractivity (Wildman–Crippen MR) is 69.9 cm³/mol. The highest BCUT2D eigenvalue weighted by atomic mass is 16.5. The molecular formula is C10H17N5O4. The average molecular weight is 271 g/mol. The summed E-state index contributed by atoms with van der Waals surface area (Å²) in [5.41, 5.74) is 9.57. The van der Waals surface area contributed by atoms with Gasteiger partial charge in [-0.25, -0.2) is 4.79 Å². The van der Waals surface area contributed by atoms with E-state index in [0.29, 0.717) is 6.54 Å². The van der Waals surface area contributed by atoms with Gasteiger partial charge in [0.15, 0.2) is 0 Å². The zero-order chi connectivity index (χ0) is 14.4. The van der Waals surface area contributed by atoms with E-state index in [2.05, 4.69) is 10.3 Å². The number of hydrogen-bond donors (Lipinski definition) is 4. The van der Waals surface area contributed by atoms with E-state index in [4.69, 9.17) is 16.2 Å². The summed E-state index contributed by atoms with van der Waals surface area (Å²) >= 11 is 0. The first-order valence-electron chi connectivity index (χ1n) is 5.69. The van der Waals surface area contributed by atoms with Gasteiger partial charge >= 0.3 is 5.69 Å². The molecule has 0 bridgehead atoms. The number of nitrogens with two attached hydrogens (primary N) is 2. The van der Waals surface area contributed by atoms with Gasteiger partial charge in [-0.2, -0.15) is 0 Å². The fourth-order valence-corrected chi connectivity index (χ4v) is 1.49. The van der Waals surface area contributed by atoms with Crippen molar-refractivity contribution < 1.29 is 9.53 Å². The van der Waals surface area contributed by atoms with Crippen LogP contribution in [0.3, 0.4) is 0 Å². The Labute approximate surface area is 108 Å². The molecule has 1 rings (SSSR count). The van der Waals surface area contributed by atoms with Gasteiger partial charge in [-0.1, -0.05) is 0 Å². The number of primary amides is 1. The zero-order valence-electron chi connectivity index (χ0n) is 10.6. The van der Waals surface area contributed by atoms with Crippen LogP contribution in [0.5, 0.6) is 0 Å². The van der Waals surface area contributed by atoms with Gasteiger partial charge in [-0.3, -0.25) is 19.1 Å². The smallest absolute Gasteiger partial charge is 0.330 e. The van der Waals surface area contributed by atoms with Crippen LogP contribution in [0.4, 0.5) is 11.5 Å². The number of ether oxygens (including phenoxy) is 1. The van der Waals surface area contributed by atoms with Gasteiger partial charge in [0, 0.05) is 13.1 Å². The Morgan fingerprint density at radius 3 is 2.74 bits per heavy atom. The van der Waals surface area contributed by atoms with Crippen LogP contribution < -0.4 is 28.0 Å². The monoisotopic (exact) mass is 271 g/mol. The number of nitrogens with zero attached hydrogens (tertiary/aromatic N) is 1. The van der Waals surface area contributed by atoms with Crippen molar-refractivity contribution in [2.24, 2.45) is 5.73 Å². The molecule has 0 spiro atoms. The van der Waals surface area contributed by atoms with Crippen LogP contribution >= 0.6 is 0 Å². The summed E-state index contributed by atoms with van der Waals surface area (Å²) in [5.74, 6) is -0.511. The average Bonchev–Trinajstić information content (AvgIpc) is 2.32. The molecule has 0 fully saturated rings. The molecule has 0 aliphatic heterocycles. The maximum Gasteiger partial charge on any atom is 0.330 e. The lowest BCUT2D eigenvalue weighted by Gasteiger charge is -2.12. The predicted octanol–water partition coefficient (Wildman–Crippen LogP) is -1.95. The number of rotatable bonds is 7. The van der Waals surface area contributed by atoms with Crippen LogP contribution in [0.2, 0.25) is 0 Å². The Balaban J connectivity index is 2.71. The van der Waals surface area contributed by atoms with E-state index in [1.165, 1.54) is 4.57 Å². The number of anilines is 2. The summed E-state index contributed by atoms with van der Waals surface area (Å²) in [6.45, 7) is 2.31. The minimum absolute atomic E-state index is 0.0613. The molecular weight excluding hydrogens is 254 g/mol. The number of aromatic nitrogens is 2. The lowest BCUT2D eigenvalue weighted by molar-refractivity contribution is -0.122. The van der Waals surface area contributed by atoms with Crippen LogP contribution in [-0.4, -0.2) is 35.2 Å². The highest BCUT2D eigenvalue weighted by Crippen LogP contribution is 2.08. The fraction of sp³-hybridized carbons (Fsp3) is 0.500. The third-order valence-electron chi connectivity index (χ3n) is 2.35. The second-order valence-electron chi connectivity index (χ2n) is 3.71. The van der Waals surface area contributed by atoms with Crippen LogP contribution in [0, 0.1) is 0 Å². The van der Waals surface area contributed by atoms with E-state index in [1.54, 1.807) is 6.92 Å². The van der Waals surface area contributed by atoms with Gasteiger partial charge in [-0.05, 0) is 6.92 Å². The molecule has 6 N–H and O–H groups in total. The molecule has 0 radical (unpaired) electrons. The largest absolute Gasteiger partial charge is 0.383 e. The quantitative estimate of drug-likeness (QED) is 0.424. The Morgan fingerprint density at radius 1 is 1.47 bits per heavy atom. The maximum absolute atomic E-state index is 11.6. The normalized spacial score (nSPS) is 10.4. The summed E-state index contributed by atoms with van der Waals surface area (Å²) in [6.07, 6.45) is 0. The summed E-state index contributed by atoms with van der Waals surface area (Å²) in [5, 5.41) is 2.75. The molecule has 0 aliphatic carbocycles. The molecule has 0 atom stereocenters.